The van der Waals surface area contributed by atoms with Gasteiger partial charge in [-0.1, -0.05) is 0 Å². The lowest BCUT2D eigenvalue weighted by molar-refractivity contribution is -0.331. The van der Waals surface area contributed by atoms with E-state index in [0.717, 1.165) is 20.8 Å². The zero-order valence-corrected chi connectivity index (χ0v) is 23.7. The molecule has 3 amide bonds. The third kappa shape index (κ3) is 7.53. The molecule has 2 saturated heterocycles. The summed E-state index contributed by atoms with van der Waals surface area (Å²) in [5, 5.41) is 78.8. The average molecular weight is 638 g/mol. The number of aliphatic hydroxyl groups is 5. The molecule has 0 bridgehead atoms. The van der Waals surface area contributed by atoms with Gasteiger partial charge in [0.1, 0.15) is 48.6 Å². The normalized spacial score (nSPS) is 39.0. The molecule has 0 unspecified atom stereocenters. The molecule has 44 heavy (non-hydrogen) atoms. The zero-order chi connectivity index (χ0) is 33.2. The van der Waals surface area contributed by atoms with Crippen molar-refractivity contribution in [1.82, 2.24) is 16.0 Å². The summed E-state index contributed by atoms with van der Waals surface area (Å²) in [7, 11) is 0. The molecule has 248 valence electrons. The van der Waals surface area contributed by atoms with Gasteiger partial charge in [-0.05, 0) is 6.92 Å². The van der Waals surface area contributed by atoms with Gasteiger partial charge in [0.2, 0.25) is 29.8 Å². The monoisotopic (exact) mass is 637 g/mol. The van der Waals surface area contributed by atoms with E-state index in [1.807, 2.05) is 0 Å². The van der Waals surface area contributed by atoms with Crippen LogP contribution in [0.25, 0.3) is 0 Å². The van der Waals surface area contributed by atoms with Crippen LogP contribution in [-0.2, 0) is 47.7 Å². The number of hydrogen-bond acceptors (Lipinski definition) is 15. The summed E-state index contributed by atoms with van der Waals surface area (Å²) in [4.78, 5) is 59.3. The Bertz CT molecular complexity index is 1160. The van der Waals surface area contributed by atoms with Gasteiger partial charge in [0.15, 0.2) is 24.4 Å². The summed E-state index contributed by atoms with van der Waals surface area (Å²) in [6.07, 6.45) is -18.2. The van der Waals surface area contributed by atoms with Crippen LogP contribution in [0.2, 0.25) is 0 Å². The van der Waals surface area contributed by atoms with Gasteiger partial charge in [-0.15, -0.1) is 0 Å². The highest BCUT2D eigenvalue weighted by Crippen LogP contribution is 2.33. The Morgan fingerprint density at radius 3 is 1.77 bits per heavy atom. The Kier molecular flexibility index (Phi) is 11.1. The molecule has 0 saturated carbocycles. The number of nitrogens with one attached hydrogen (secondary N) is 3. The molecule has 10 N–H and O–H groups in total. The lowest BCUT2D eigenvalue weighted by Crippen LogP contribution is -2.70. The van der Waals surface area contributed by atoms with Crippen molar-refractivity contribution in [3.05, 3.63) is 11.5 Å². The van der Waals surface area contributed by atoms with Crippen LogP contribution in [-0.4, -0.2) is 145 Å². The minimum absolute atomic E-state index is 0.719. The SMILES string of the molecule is CC(=O)N[C@@H]1[C@H](O[C@H]2[C@@H](O)[C@@H](C)O[C@H](O[C@H]3[C@H](O)[C@H](NC(C)=O)[C@H](O)O[C@@H]3C(=O)O)[C@@H]2NC(C)=O)OC(C(=O)O)=C(O)[C@@H]1O. The summed E-state index contributed by atoms with van der Waals surface area (Å²) < 4.78 is 27.5. The summed E-state index contributed by atoms with van der Waals surface area (Å²) in [5.74, 6) is -8.05. The molecule has 3 aliphatic heterocycles. The summed E-state index contributed by atoms with van der Waals surface area (Å²) in [5.41, 5.74) is 0. The van der Waals surface area contributed by atoms with Crippen LogP contribution in [0.15, 0.2) is 11.5 Å². The second-order valence-electron chi connectivity index (χ2n) is 10.3. The van der Waals surface area contributed by atoms with E-state index in [2.05, 4.69) is 16.0 Å². The fraction of sp³-hybridized carbons (Fsp3) is 0.708. The Labute approximate surface area is 248 Å². The first kappa shape index (κ1) is 34.9. The van der Waals surface area contributed by atoms with Crippen LogP contribution in [0.5, 0.6) is 0 Å². The fourth-order valence-corrected chi connectivity index (χ4v) is 4.95. The summed E-state index contributed by atoms with van der Waals surface area (Å²) in [6.45, 7) is 4.45. The molecule has 3 heterocycles. The van der Waals surface area contributed by atoms with E-state index in [4.69, 9.17) is 23.7 Å². The molecular formula is C24H35N3O17. The lowest BCUT2D eigenvalue weighted by atomic mass is 9.94. The second-order valence-corrected chi connectivity index (χ2v) is 10.3. The maximum absolute atomic E-state index is 12.2. The molecule has 0 spiro atoms. The number of amides is 3. The number of hydrogen-bond donors (Lipinski definition) is 10. The molecule has 0 aliphatic carbocycles. The maximum Gasteiger partial charge on any atom is 0.375 e. The van der Waals surface area contributed by atoms with Crippen molar-refractivity contribution in [2.45, 2.75) is 107 Å². The molecule has 0 aromatic heterocycles. The van der Waals surface area contributed by atoms with Crippen molar-refractivity contribution in [2.24, 2.45) is 0 Å². The minimum atomic E-state index is -2.06. The van der Waals surface area contributed by atoms with E-state index in [0.29, 0.717) is 0 Å². The molecule has 3 rings (SSSR count). The first-order valence-electron chi connectivity index (χ1n) is 13.2. The van der Waals surface area contributed by atoms with Crippen LogP contribution >= 0.6 is 0 Å². The Morgan fingerprint density at radius 2 is 1.25 bits per heavy atom. The van der Waals surface area contributed by atoms with Gasteiger partial charge in [0.05, 0.1) is 6.10 Å². The number of carboxylic acids is 2. The van der Waals surface area contributed by atoms with Gasteiger partial charge in [0.25, 0.3) is 0 Å². The lowest BCUT2D eigenvalue weighted by Gasteiger charge is -2.48. The van der Waals surface area contributed by atoms with Crippen LogP contribution in [0.1, 0.15) is 27.7 Å². The fourth-order valence-electron chi connectivity index (χ4n) is 4.95. The first-order valence-corrected chi connectivity index (χ1v) is 13.2. The number of carboxylic acid groups (broad SMARTS) is 2. The molecule has 20 heteroatoms. The van der Waals surface area contributed by atoms with Crippen LogP contribution in [0.4, 0.5) is 0 Å². The van der Waals surface area contributed by atoms with Gasteiger partial charge in [0, 0.05) is 20.8 Å². The highest BCUT2D eigenvalue weighted by molar-refractivity contribution is 5.85. The van der Waals surface area contributed by atoms with Crippen molar-refractivity contribution in [2.75, 3.05) is 0 Å². The molecule has 2 fully saturated rings. The zero-order valence-electron chi connectivity index (χ0n) is 23.7. The predicted octanol–water partition coefficient (Wildman–Crippen LogP) is -4.89. The molecule has 20 nitrogen and oxygen atoms in total. The second kappa shape index (κ2) is 14.0. The molecule has 0 aromatic carbocycles. The van der Waals surface area contributed by atoms with E-state index in [9.17, 15) is 59.7 Å². The highest BCUT2D eigenvalue weighted by atomic mass is 16.7. The third-order valence-electron chi connectivity index (χ3n) is 6.92. The van der Waals surface area contributed by atoms with Gasteiger partial charge in [-0.25, -0.2) is 9.59 Å². The average Bonchev–Trinajstić information content (AvgIpc) is 2.91. The van der Waals surface area contributed by atoms with Crippen LogP contribution in [0.3, 0.4) is 0 Å². The van der Waals surface area contributed by atoms with E-state index in [1.165, 1.54) is 6.92 Å². The first-order chi connectivity index (χ1) is 20.4. The van der Waals surface area contributed by atoms with Crippen molar-refractivity contribution >= 4 is 29.7 Å². The molecule has 3 aliphatic rings. The highest BCUT2D eigenvalue weighted by Gasteiger charge is 2.55. The standard InChI is InChI=1S/C24H35N3O17/c1-5-12(31)16(42-23-10(26-7(3)29)13(32)15(34)18(44-23)20(35)36)11(27-8(4)30)24(40-5)43-17-14(33)9(25-6(2)28)22(39)41-19(17)21(37)38/h5,9-14,16-17,19,22-24,31-34,39H,1-4H3,(H,25,28)(H,26,29)(H,27,30)(H,35,36)(H,37,38)/t5-,9+,10+,11-,12+,13-,14-,16-,17+,19+,22-,23-,24-/m1/s1. The van der Waals surface area contributed by atoms with Crippen molar-refractivity contribution in [1.29, 1.82) is 0 Å². The smallest absolute Gasteiger partial charge is 0.375 e. The number of aliphatic hydroxyl groups excluding tert-OH is 5. The number of ether oxygens (including phenoxy) is 5. The molecule has 13 atom stereocenters. The number of rotatable bonds is 9. The largest absolute Gasteiger partial charge is 0.506 e. The van der Waals surface area contributed by atoms with Crippen molar-refractivity contribution in [3.63, 3.8) is 0 Å². The molecule has 0 aromatic rings. The van der Waals surface area contributed by atoms with Gasteiger partial charge >= 0.3 is 11.9 Å². The van der Waals surface area contributed by atoms with Gasteiger partial charge in [-0.3, -0.25) is 14.4 Å². The number of carbonyl (C=O) groups is 5. The van der Waals surface area contributed by atoms with Crippen LogP contribution < -0.4 is 16.0 Å². The van der Waals surface area contributed by atoms with Crippen molar-refractivity contribution in [3.8, 4) is 0 Å². The van der Waals surface area contributed by atoms with E-state index >= 15 is 0 Å². The van der Waals surface area contributed by atoms with Crippen LogP contribution in [0, 0.1) is 0 Å². The summed E-state index contributed by atoms with van der Waals surface area (Å²) in [6, 6.07) is -4.82. The Morgan fingerprint density at radius 1 is 0.727 bits per heavy atom. The minimum Gasteiger partial charge on any atom is -0.506 e. The molecular weight excluding hydrogens is 602 g/mol. The Balaban J connectivity index is 2.00. The van der Waals surface area contributed by atoms with Crippen molar-refractivity contribution < 1.29 is 83.4 Å². The van der Waals surface area contributed by atoms with Gasteiger partial charge in [-0.2, -0.15) is 0 Å². The quantitative estimate of drug-likeness (QED) is 0.113. The van der Waals surface area contributed by atoms with E-state index in [1.54, 1.807) is 0 Å². The number of aliphatic carboxylic acids is 2. The predicted molar refractivity (Wildman–Crippen MR) is 136 cm³/mol. The topological polar surface area (TPSA) is 309 Å². The summed E-state index contributed by atoms with van der Waals surface area (Å²) >= 11 is 0. The third-order valence-corrected chi connectivity index (χ3v) is 6.92. The number of carbonyl (C=O) groups excluding carboxylic acids is 3. The van der Waals surface area contributed by atoms with E-state index in [-0.39, 0.29) is 0 Å². The maximum atomic E-state index is 12.2. The van der Waals surface area contributed by atoms with E-state index < -0.39 is 121 Å². The van der Waals surface area contributed by atoms with Gasteiger partial charge < -0.3 is 75.4 Å². The molecule has 0 radical (unpaired) electrons. The Hall–Kier alpha value is -3.63.